The lowest BCUT2D eigenvalue weighted by Gasteiger charge is -2.41. The number of para-hydroxylation sites is 1. The smallest absolute Gasteiger partial charge is 0.225 e. The Morgan fingerprint density at radius 2 is 1.12 bits per heavy atom. The molecule has 0 N–H and O–H groups in total. The van der Waals surface area contributed by atoms with Gasteiger partial charge in [0, 0.05) is 59.4 Å². The molecule has 5 nitrogen and oxygen atoms in total. The Labute approximate surface area is 396 Å². The van der Waals surface area contributed by atoms with Crippen molar-refractivity contribution in [3.63, 3.8) is 0 Å². The van der Waals surface area contributed by atoms with Crippen molar-refractivity contribution < 1.29 is 4.74 Å². The average molecular weight is 878 g/mol. The van der Waals surface area contributed by atoms with Crippen LogP contribution in [0.4, 0.5) is 22.7 Å². The number of ether oxygens (including phenoxy) is 1. The number of hydrogen-bond donors (Lipinski definition) is 0. The zero-order valence-electron chi connectivity index (χ0n) is 40.9. The van der Waals surface area contributed by atoms with Gasteiger partial charge in [0.25, 0.3) is 0 Å². The fraction of sp³-hybridized carbons (Fsp3) is 0.226. The van der Waals surface area contributed by atoms with Gasteiger partial charge in [0.05, 0.1) is 11.0 Å². The molecule has 2 aliphatic rings. The second-order valence-corrected chi connectivity index (χ2v) is 22.1. The van der Waals surface area contributed by atoms with Gasteiger partial charge in [-0.05, 0) is 117 Å². The topological polar surface area (TPSA) is 27.1 Å². The van der Waals surface area contributed by atoms with Crippen molar-refractivity contribution in [1.29, 1.82) is 0 Å². The van der Waals surface area contributed by atoms with Gasteiger partial charge in [0.1, 0.15) is 17.3 Å². The molecule has 1 unspecified atom stereocenters. The van der Waals surface area contributed by atoms with Gasteiger partial charge < -0.3 is 4.74 Å². The number of aryl methyl sites for hydroxylation is 2. The molecule has 0 saturated carbocycles. The van der Waals surface area contributed by atoms with Crippen molar-refractivity contribution in [2.45, 2.75) is 92.4 Å². The summed E-state index contributed by atoms with van der Waals surface area (Å²) in [5.41, 5.74) is 18.7. The molecule has 9 aromatic rings. The van der Waals surface area contributed by atoms with Gasteiger partial charge >= 0.3 is 0 Å². The summed E-state index contributed by atoms with van der Waals surface area (Å²) in [6.07, 6.45) is 1.95. The molecule has 0 radical (unpaired) electrons. The maximum absolute atomic E-state index is 6.93. The summed E-state index contributed by atoms with van der Waals surface area (Å²) in [7, 11) is 0. The number of quaternary nitrogens is 2. The molecule has 0 amide bonds. The molecule has 1 saturated heterocycles. The van der Waals surface area contributed by atoms with Crippen LogP contribution in [0.5, 0.6) is 11.5 Å². The van der Waals surface area contributed by atoms with E-state index in [1.807, 2.05) is 6.20 Å². The highest BCUT2D eigenvalue weighted by molar-refractivity contribution is 6.09. The predicted molar refractivity (Wildman–Crippen MR) is 282 cm³/mol. The van der Waals surface area contributed by atoms with E-state index >= 15 is 0 Å². The molecule has 5 heteroatoms. The first-order valence-corrected chi connectivity index (χ1v) is 23.8. The highest BCUT2D eigenvalue weighted by atomic mass is 16.5. The van der Waals surface area contributed by atoms with Crippen LogP contribution in [0.3, 0.4) is 0 Å². The van der Waals surface area contributed by atoms with E-state index < -0.39 is 0 Å². The van der Waals surface area contributed by atoms with Crippen molar-refractivity contribution in [2.24, 2.45) is 0 Å². The molecule has 4 heterocycles. The van der Waals surface area contributed by atoms with E-state index in [9.17, 15) is 0 Å². The quantitative estimate of drug-likeness (QED) is 0.0906. The Morgan fingerprint density at radius 3 is 1.85 bits per heavy atom. The Hall–Kier alpha value is -6.79. The second-order valence-electron chi connectivity index (χ2n) is 22.1. The monoisotopic (exact) mass is 877 g/mol. The van der Waals surface area contributed by atoms with Crippen LogP contribution in [0.25, 0.3) is 49.9 Å². The van der Waals surface area contributed by atoms with E-state index in [2.05, 4.69) is 245 Å². The number of aromatic nitrogens is 2. The Kier molecular flexibility index (Phi) is 9.49. The second kappa shape index (κ2) is 14.9. The maximum atomic E-state index is 6.93. The summed E-state index contributed by atoms with van der Waals surface area (Å²) in [5.74, 6) is 2.44. The van der Waals surface area contributed by atoms with Crippen molar-refractivity contribution >= 4 is 44.6 Å². The molecule has 2 aromatic heterocycles. The first-order valence-electron chi connectivity index (χ1n) is 23.8. The summed E-state index contributed by atoms with van der Waals surface area (Å²) in [5, 5.41) is 2.34. The Bertz CT molecular complexity index is 3430. The van der Waals surface area contributed by atoms with Gasteiger partial charge in [-0.2, -0.15) is 9.18 Å². The summed E-state index contributed by atoms with van der Waals surface area (Å²) < 4.78 is 10.4. The van der Waals surface area contributed by atoms with Gasteiger partial charge in [-0.3, -0.25) is 4.57 Å². The lowest BCUT2D eigenvalue weighted by Crippen LogP contribution is -2.46. The Morgan fingerprint density at radius 1 is 0.463 bits per heavy atom. The molecular formula is C62H61N4O+. The fourth-order valence-electron chi connectivity index (χ4n) is 10.7. The van der Waals surface area contributed by atoms with E-state index in [1.54, 1.807) is 0 Å². The van der Waals surface area contributed by atoms with Crippen LogP contribution < -0.4 is 13.9 Å². The van der Waals surface area contributed by atoms with Crippen LogP contribution in [-0.4, -0.2) is 9.55 Å². The van der Waals surface area contributed by atoms with Crippen LogP contribution in [0, 0.1) is 20.5 Å². The van der Waals surface area contributed by atoms with E-state index in [0.717, 1.165) is 45.0 Å². The molecule has 0 spiro atoms. The van der Waals surface area contributed by atoms with Gasteiger partial charge in [0.15, 0.2) is 18.0 Å². The van der Waals surface area contributed by atoms with E-state index in [4.69, 9.17) is 9.72 Å². The minimum Gasteiger partial charge on any atom is -0.457 e. The lowest BCUT2D eigenvalue weighted by atomic mass is 9.83. The number of fused-ring (bicyclic) bond motifs is 7. The summed E-state index contributed by atoms with van der Waals surface area (Å²) >= 11 is 0. The van der Waals surface area contributed by atoms with E-state index in [0.29, 0.717) is 9.18 Å². The molecule has 67 heavy (non-hydrogen) atoms. The van der Waals surface area contributed by atoms with Gasteiger partial charge in [-0.25, -0.2) is 4.98 Å². The molecule has 334 valence electrons. The van der Waals surface area contributed by atoms with Crippen LogP contribution in [0.15, 0.2) is 164 Å². The first kappa shape index (κ1) is 42.8. The van der Waals surface area contributed by atoms with Crippen molar-refractivity contribution in [1.82, 2.24) is 18.7 Å². The maximum Gasteiger partial charge on any atom is 0.225 e. The van der Waals surface area contributed by atoms with Gasteiger partial charge in [0.2, 0.25) is 11.4 Å². The van der Waals surface area contributed by atoms with Crippen molar-refractivity contribution in [3.05, 3.63) is 198 Å². The molecule has 7 aromatic carbocycles. The third-order valence-corrected chi connectivity index (χ3v) is 14.4. The molecule has 2 atom stereocenters. The van der Waals surface area contributed by atoms with Crippen LogP contribution in [-0.2, 0) is 16.2 Å². The number of pyridine rings is 1. The minimum atomic E-state index is -0.0413. The summed E-state index contributed by atoms with van der Waals surface area (Å²) in [4.78, 5) is 5.02. The molecule has 0 bridgehead atoms. The first-order chi connectivity index (χ1) is 31.9. The molecule has 11 rings (SSSR count). The SMILES string of the molecule is Cc1cc(C(C)(C)C)cc(C)c1-c1ccnc(-n2c3ccccc3c3ccc(Oc4cccc([N+]56[CH-][N@+]5(c5cc(-c7ccccc7)cc(C(C)(C)C)c5)c5cc(C(C)(C)C)ccc56)c4)cc32)c1. The van der Waals surface area contributed by atoms with Crippen LogP contribution >= 0.6 is 0 Å². The average Bonchev–Trinajstić information content (AvgIpc) is 3.79. The lowest BCUT2D eigenvalue weighted by molar-refractivity contribution is 0.421. The largest absolute Gasteiger partial charge is 0.457 e. The third-order valence-electron chi connectivity index (χ3n) is 14.4. The zero-order chi connectivity index (χ0) is 46.8. The van der Waals surface area contributed by atoms with Crippen molar-refractivity contribution in [3.8, 4) is 39.6 Å². The Balaban J connectivity index is 1.00. The van der Waals surface area contributed by atoms with E-state index in [-0.39, 0.29) is 16.2 Å². The third kappa shape index (κ3) is 6.77. The van der Waals surface area contributed by atoms with Crippen LogP contribution in [0.1, 0.15) is 90.1 Å². The van der Waals surface area contributed by atoms with Crippen molar-refractivity contribution in [2.75, 3.05) is 0 Å². The molecule has 2 aliphatic heterocycles. The van der Waals surface area contributed by atoms with E-state index in [1.165, 1.54) is 67.0 Å². The van der Waals surface area contributed by atoms with Gasteiger partial charge in [-0.15, -0.1) is 0 Å². The minimum absolute atomic E-state index is 0.0125. The molecule has 0 aliphatic carbocycles. The highest BCUT2D eigenvalue weighted by Gasteiger charge is 2.78. The van der Waals surface area contributed by atoms with Gasteiger partial charge in [-0.1, -0.05) is 141 Å². The fourth-order valence-corrected chi connectivity index (χ4v) is 10.7. The summed E-state index contributed by atoms with van der Waals surface area (Å²) in [6.45, 7) is 27.6. The molecule has 1 fully saturated rings. The summed E-state index contributed by atoms with van der Waals surface area (Å²) in [6, 6.07) is 58.1. The number of rotatable bonds is 7. The standard InChI is InChI=1S/C62H61N4O/c1-40-30-46(61(6,7)8)31-41(2)59(40)43-28-29-63-58(34-43)64-54-23-16-15-22-52(54)53-26-25-51(38-55(53)64)67-50-21-17-20-48(37-50)65-39-66(65,57-36-45(60(3,4)5)24-27-56(57)65)49-33-44(42-18-13-12-14-19-42)32-47(35-49)62(9,10)11/h12-39H,1-11H3/q+1/t65?,66-/m0/s1. The predicted octanol–water partition coefficient (Wildman–Crippen LogP) is 17.2. The van der Waals surface area contributed by atoms with Crippen LogP contribution in [0.2, 0.25) is 0 Å². The number of benzene rings is 7. The zero-order valence-corrected chi connectivity index (χ0v) is 40.9. The number of nitrogens with zero attached hydrogens (tertiary/aromatic N) is 4. The number of hydrogen-bond acceptors (Lipinski definition) is 2. The normalized spacial score (nSPS) is 17.8. The molecular weight excluding hydrogens is 817 g/mol. The highest BCUT2D eigenvalue weighted by Crippen LogP contribution is 2.76.